The lowest BCUT2D eigenvalue weighted by molar-refractivity contribution is 0.282. The first-order valence-corrected chi connectivity index (χ1v) is 8.85. The largest absolute Gasteiger partial charge is 0.392 e. The van der Waals surface area contributed by atoms with Gasteiger partial charge in [0.25, 0.3) is 0 Å². The highest BCUT2D eigenvalue weighted by molar-refractivity contribution is 7.20. The van der Waals surface area contributed by atoms with Gasteiger partial charge in [0, 0.05) is 18.3 Å². The van der Waals surface area contributed by atoms with Crippen LogP contribution in [0.5, 0.6) is 0 Å². The number of pyridine rings is 1. The molecule has 0 amide bonds. The third-order valence-electron chi connectivity index (χ3n) is 3.97. The van der Waals surface area contributed by atoms with E-state index in [1.807, 2.05) is 48.7 Å². The van der Waals surface area contributed by atoms with Crippen molar-refractivity contribution >= 4 is 27.2 Å². The van der Waals surface area contributed by atoms with Crippen molar-refractivity contribution in [3.05, 3.63) is 60.4 Å². The van der Waals surface area contributed by atoms with Gasteiger partial charge in [-0.3, -0.25) is 0 Å². The van der Waals surface area contributed by atoms with Crippen LogP contribution in [-0.2, 0) is 6.61 Å². The van der Waals surface area contributed by atoms with Gasteiger partial charge in [-0.05, 0) is 24.6 Å². The fourth-order valence-electron chi connectivity index (χ4n) is 2.75. The number of aromatic nitrogens is 4. The summed E-state index contributed by atoms with van der Waals surface area (Å²) in [6.07, 6.45) is 3.68. The summed E-state index contributed by atoms with van der Waals surface area (Å²) in [5.74, 6) is 0.868. The van der Waals surface area contributed by atoms with Crippen molar-refractivity contribution in [1.29, 1.82) is 0 Å². The molecule has 0 aliphatic heterocycles. The van der Waals surface area contributed by atoms with Crippen LogP contribution in [0.1, 0.15) is 12.5 Å². The third-order valence-corrected chi connectivity index (χ3v) is 4.91. The second-order valence-electron chi connectivity index (χ2n) is 5.49. The normalized spacial score (nSPS) is 11.1. The lowest BCUT2D eigenvalue weighted by Gasteiger charge is -2.17. The molecule has 0 saturated heterocycles. The molecule has 1 N–H and O–H groups in total. The standard InChI is InChI=1S/C18H17N5OS/c1-2-22(16-9-5-6-10-19-16)18-21-23-11-15(20-17(23)25-18)14-8-4-3-7-13(14)12-24/h3-11,24H,2,12H2,1H3. The number of hydrogen-bond acceptors (Lipinski definition) is 6. The molecule has 0 fully saturated rings. The number of hydrogen-bond donors (Lipinski definition) is 1. The molecule has 4 aromatic rings. The van der Waals surface area contributed by atoms with E-state index in [1.54, 1.807) is 10.7 Å². The summed E-state index contributed by atoms with van der Waals surface area (Å²) in [5.41, 5.74) is 2.61. The zero-order valence-corrected chi connectivity index (χ0v) is 14.5. The molecular formula is C18H17N5OS. The van der Waals surface area contributed by atoms with E-state index in [1.165, 1.54) is 11.3 Å². The predicted molar refractivity (Wildman–Crippen MR) is 99.1 cm³/mol. The maximum atomic E-state index is 9.52. The summed E-state index contributed by atoms with van der Waals surface area (Å²) in [5, 5.41) is 15.0. The highest BCUT2D eigenvalue weighted by Crippen LogP contribution is 2.31. The van der Waals surface area contributed by atoms with Crippen LogP contribution in [0.2, 0.25) is 0 Å². The number of imidazole rings is 1. The lowest BCUT2D eigenvalue weighted by atomic mass is 10.1. The lowest BCUT2D eigenvalue weighted by Crippen LogP contribution is -2.17. The molecule has 3 aromatic heterocycles. The van der Waals surface area contributed by atoms with Crippen LogP contribution in [0.15, 0.2) is 54.9 Å². The summed E-state index contributed by atoms with van der Waals surface area (Å²) in [6.45, 7) is 2.83. The quantitative estimate of drug-likeness (QED) is 0.596. The third kappa shape index (κ3) is 2.88. The zero-order valence-electron chi connectivity index (χ0n) is 13.7. The van der Waals surface area contributed by atoms with Crippen molar-refractivity contribution in [2.45, 2.75) is 13.5 Å². The van der Waals surface area contributed by atoms with Crippen LogP contribution in [0, 0.1) is 0 Å². The molecule has 0 aliphatic carbocycles. The number of aliphatic hydroxyl groups is 1. The molecular weight excluding hydrogens is 334 g/mol. The minimum Gasteiger partial charge on any atom is -0.392 e. The van der Waals surface area contributed by atoms with Crippen molar-refractivity contribution in [2.75, 3.05) is 11.4 Å². The first kappa shape index (κ1) is 15.7. The Morgan fingerprint density at radius 2 is 2.00 bits per heavy atom. The van der Waals surface area contributed by atoms with E-state index in [0.29, 0.717) is 0 Å². The van der Waals surface area contributed by atoms with Crippen LogP contribution in [0.3, 0.4) is 0 Å². The molecule has 7 heteroatoms. The zero-order chi connectivity index (χ0) is 17.2. The minimum atomic E-state index is -0.0106. The van der Waals surface area contributed by atoms with Gasteiger partial charge in [-0.2, -0.15) is 0 Å². The molecule has 0 spiro atoms. The Morgan fingerprint density at radius 1 is 1.16 bits per heavy atom. The molecule has 0 unspecified atom stereocenters. The monoisotopic (exact) mass is 351 g/mol. The second-order valence-corrected chi connectivity index (χ2v) is 6.42. The number of aliphatic hydroxyl groups excluding tert-OH is 1. The van der Waals surface area contributed by atoms with Crippen molar-refractivity contribution in [2.24, 2.45) is 0 Å². The number of nitrogens with zero attached hydrogens (tertiary/aromatic N) is 5. The molecule has 0 radical (unpaired) electrons. The summed E-state index contributed by atoms with van der Waals surface area (Å²) in [6, 6.07) is 13.6. The Kier molecular flexibility index (Phi) is 4.17. The molecule has 0 bridgehead atoms. The predicted octanol–water partition coefficient (Wildman–Crippen LogP) is 3.50. The van der Waals surface area contributed by atoms with Crippen molar-refractivity contribution in [1.82, 2.24) is 19.6 Å². The Morgan fingerprint density at radius 3 is 2.72 bits per heavy atom. The Labute approximate surface area is 149 Å². The average molecular weight is 351 g/mol. The first-order valence-electron chi connectivity index (χ1n) is 8.04. The van der Waals surface area contributed by atoms with Gasteiger partial charge in [0.2, 0.25) is 10.1 Å². The SMILES string of the molecule is CCN(c1ccccn1)c1nn2cc(-c3ccccc3CO)nc2s1. The highest BCUT2D eigenvalue weighted by atomic mass is 32.1. The van der Waals surface area contributed by atoms with Gasteiger partial charge in [0.15, 0.2) is 0 Å². The number of fused-ring (bicyclic) bond motifs is 1. The van der Waals surface area contributed by atoms with Crippen LogP contribution >= 0.6 is 11.3 Å². The molecule has 1 aromatic carbocycles. The van der Waals surface area contributed by atoms with Crippen molar-refractivity contribution in [3.8, 4) is 11.3 Å². The Balaban J connectivity index is 1.72. The molecule has 3 heterocycles. The average Bonchev–Trinajstić information content (AvgIpc) is 3.22. The number of rotatable bonds is 5. The first-order chi connectivity index (χ1) is 12.3. The molecule has 0 aliphatic rings. The molecule has 0 saturated carbocycles. The maximum absolute atomic E-state index is 9.52. The highest BCUT2D eigenvalue weighted by Gasteiger charge is 2.16. The minimum absolute atomic E-state index is 0.0106. The second kappa shape index (κ2) is 6.62. The fraction of sp³-hybridized carbons (Fsp3) is 0.167. The summed E-state index contributed by atoms with van der Waals surface area (Å²) >= 11 is 1.52. The van der Waals surface area contributed by atoms with Crippen LogP contribution in [-0.4, -0.2) is 31.2 Å². The van der Waals surface area contributed by atoms with Gasteiger partial charge in [-0.25, -0.2) is 14.5 Å². The van der Waals surface area contributed by atoms with E-state index < -0.39 is 0 Å². The van der Waals surface area contributed by atoms with E-state index in [9.17, 15) is 5.11 Å². The molecule has 25 heavy (non-hydrogen) atoms. The summed E-state index contributed by atoms with van der Waals surface area (Å²) in [4.78, 5) is 12.0. The van der Waals surface area contributed by atoms with Crippen molar-refractivity contribution in [3.63, 3.8) is 0 Å². The number of benzene rings is 1. The molecule has 126 valence electrons. The van der Waals surface area contributed by atoms with Gasteiger partial charge < -0.3 is 10.0 Å². The van der Waals surface area contributed by atoms with E-state index in [2.05, 4.69) is 26.9 Å². The maximum Gasteiger partial charge on any atom is 0.214 e. The molecule has 6 nitrogen and oxygen atoms in total. The van der Waals surface area contributed by atoms with Gasteiger partial charge in [-0.1, -0.05) is 41.7 Å². The van der Waals surface area contributed by atoms with E-state index >= 15 is 0 Å². The molecule has 0 atom stereocenters. The van der Waals surface area contributed by atoms with E-state index in [0.717, 1.165) is 39.3 Å². The summed E-state index contributed by atoms with van der Waals surface area (Å²) in [7, 11) is 0. The Hall–Kier alpha value is -2.77. The number of anilines is 2. The van der Waals surface area contributed by atoms with Gasteiger partial charge in [0.05, 0.1) is 18.5 Å². The van der Waals surface area contributed by atoms with Gasteiger partial charge in [-0.15, -0.1) is 5.10 Å². The van der Waals surface area contributed by atoms with Crippen molar-refractivity contribution < 1.29 is 5.11 Å². The molecule has 4 rings (SSSR count). The smallest absolute Gasteiger partial charge is 0.214 e. The van der Waals surface area contributed by atoms with Crippen LogP contribution < -0.4 is 4.90 Å². The van der Waals surface area contributed by atoms with Crippen LogP contribution in [0.25, 0.3) is 16.2 Å². The van der Waals surface area contributed by atoms with Gasteiger partial charge >= 0.3 is 0 Å². The fourth-order valence-corrected chi connectivity index (χ4v) is 3.70. The topological polar surface area (TPSA) is 66.6 Å². The van der Waals surface area contributed by atoms with Crippen LogP contribution in [0.4, 0.5) is 10.9 Å². The van der Waals surface area contributed by atoms with E-state index in [4.69, 9.17) is 0 Å². The Bertz CT molecular complexity index is 964. The van der Waals surface area contributed by atoms with Gasteiger partial charge in [0.1, 0.15) is 5.82 Å². The van der Waals surface area contributed by atoms with E-state index in [-0.39, 0.29) is 6.61 Å². The summed E-state index contributed by atoms with van der Waals surface area (Å²) < 4.78 is 1.79.